The maximum absolute atomic E-state index is 12.7. The van der Waals surface area contributed by atoms with E-state index in [0.29, 0.717) is 22.7 Å². The monoisotopic (exact) mass is 384 g/mol. The van der Waals surface area contributed by atoms with Crippen LogP contribution in [0.25, 0.3) is 0 Å². The Bertz CT molecular complexity index is 856. The fraction of sp³-hybridized carbons (Fsp3) is 0.364. The Balaban J connectivity index is 2.12. The molecule has 0 aliphatic rings. The minimum atomic E-state index is -0.514. The molecular weight excluding hydrogens is 356 g/mol. The smallest absolute Gasteiger partial charge is 0.251 e. The van der Waals surface area contributed by atoms with Gasteiger partial charge in [0.05, 0.1) is 20.3 Å². The molecule has 2 N–H and O–H groups in total. The van der Waals surface area contributed by atoms with Crippen LogP contribution in [-0.2, 0) is 4.79 Å². The number of carbonyl (C=O) groups is 2. The van der Waals surface area contributed by atoms with E-state index in [-0.39, 0.29) is 17.9 Å². The van der Waals surface area contributed by atoms with E-state index >= 15 is 0 Å². The van der Waals surface area contributed by atoms with Crippen molar-refractivity contribution >= 4 is 17.5 Å². The molecule has 0 spiro atoms. The van der Waals surface area contributed by atoms with Crippen molar-refractivity contribution in [1.82, 2.24) is 5.32 Å². The lowest BCUT2D eigenvalue weighted by molar-refractivity contribution is -0.123. The summed E-state index contributed by atoms with van der Waals surface area (Å²) >= 11 is 0. The SMILES string of the molecule is COc1ccc(C(C)NC(=O)c2cccc(NC(=O)C(C)(C)C)c2)cc1OC. The molecule has 6 heteroatoms. The molecule has 0 aliphatic carbocycles. The summed E-state index contributed by atoms with van der Waals surface area (Å²) in [6, 6.07) is 12.2. The normalized spacial score (nSPS) is 12.1. The van der Waals surface area contributed by atoms with E-state index in [1.807, 2.05) is 39.8 Å². The fourth-order valence-corrected chi connectivity index (χ4v) is 2.54. The maximum atomic E-state index is 12.7. The number of amides is 2. The first-order valence-corrected chi connectivity index (χ1v) is 9.10. The lowest BCUT2D eigenvalue weighted by Crippen LogP contribution is -2.28. The Kier molecular flexibility index (Phi) is 6.67. The molecule has 2 amide bonds. The van der Waals surface area contributed by atoms with Gasteiger partial charge >= 0.3 is 0 Å². The largest absolute Gasteiger partial charge is 0.493 e. The third-order valence-electron chi connectivity index (χ3n) is 4.32. The number of carbonyl (C=O) groups excluding carboxylic acids is 2. The van der Waals surface area contributed by atoms with E-state index in [1.54, 1.807) is 44.6 Å². The zero-order valence-corrected chi connectivity index (χ0v) is 17.3. The van der Waals surface area contributed by atoms with Gasteiger partial charge in [-0.25, -0.2) is 0 Å². The molecule has 2 rings (SSSR count). The van der Waals surface area contributed by atoms with Gasteiger partial charge in [0, 0.05) is 16.7 Å². The van der Waals surface area contributed by atoms with E-state index < -0.39 is 5.41 Å². The summed E-state index contributed by atoms with van der Waals surface area (Å²) in [5, 5.41) is 5.80. The Hall–Kier alpha value is -3.02. The second-order valence-electron chi connectivity index (χ2n) is 7.59. The number of ether oxygens (including phenoxy) is 2. The molecule has 150 valence electrons. The van der Waals surface area contributed by atoms with Gasteiger partial charge in [-0.1, -0.05) is 32.9 Å². The quantitative estimate of drug-likeness (QED) is 0.783. The highest BCUT2D eigenvalue weighted by Crippen LogP contribution is 2.30. The standard InChI is InChI=1S/C22H28N2O4/c1-14(15-10-11-18(27-5)19(13-15)28-6)23-20(25)16-8-7-9-17(12-16)24-21(26)22(2,3)4/h7-14H,1-6H3,(H,23,25)(H,24,26). The molecular formula is C22H28N2O4. The zero-order chi connectivity index (χ0) is 20.9. The van der Waals surface area contributed by atoms with Crippen molar-refractivity contribution in [3.05, 3.63) is 53.6 Å². The molecule has 0 bridgehead atoms. The molecule has 0 radical (unpaired) electrons. The Labute approximate surface area is 166 Å². The first-order chi connectivity index (χ1) is 13.2. The molecule has 0 saturated carbocycles. The van der Waals surface area contributed by atoms with Crippen LogP contribution in [0.3, 0.4) is 0 Å². The zero-order valence-electron chi connectivity index (χ0n) is 17.3. The summed E-state index contributed by atoms with van der Waals surface area (Å²) in [5.41, 5.74) is 1.44. The van der Waals surface area contributed by atoms with Crippen LogP contribution in [0, 0.1) is 5.41 Å². The molecule has 28 heavy (non-hydrogen) atoms. The van der Waals surface area contributed by atoms with Crippen LogP contribution in [0.1, 0.15) is 49.7 Å². The Morgan fingerprint density at radius 3 is 2.25 bits per heavy atom. The molecule has 1 atom stereocenters. The molecule has 0 aliphatic heterocycles. The van der Waals surface area contributed by atoms with E-state index in [4.69, 9.17) is 9.47 Å². The summed E-state index contributed by atoms with van der Waals surface area (Å²) in [5.74, 6) is 0.901. The van der Waals surface area contributed by atoms with Gasteiger partial charge in [0.1, 0.15) is 0 Å². The van der Waals surface area contributed by atoms with E-state index in [1.165, 1.54) is 0 Å². The first kappa shape index (κ1) is 21.3. The van der Waals surface area contributed by atoms with Crippen molar-refractivity contribution in [2.75, 3.05) is 19.5 Å². The van der Waals surface area contributed by atoms with Crippen LogP contribution in [0.15, 0.2) is 42.5 Å². The van der Waals surface area contributed by atoms with Crippen molar-refractivity contribution in [1.29, 1.82) is 0 Å². The second kappa shape index (κ2) is 8.78. The molecule has 0 saturated heterocycles. The van der Waals surface area contributed by atoms with Crippen LogP contribution in [0.5, 0.6) is 11.5 Å². The molecule has 6 nitrogen and oxygen atoms in total. The van der Waals surface area contributed by atoms with Gasteiger partial charge in [0.25, 0.3) is 5.91 Å². The number of methoxy groups -OCH3 is 2. The average Bonchev–Trinajstić information content (AvgIpc) is 2.66. The van der Waals surface area contributed by atoms with Crippen LogP contribution < -0.4 is 20.1 Å². The van der Waals surface area contributed by atoms with Gasteiger partial charge in [-0.05, 0) is 42.8 Å². The predicted molar refractivity (Wildman–Crippen MR) is 110 cm³/mol. The molecule has 0 heterocycles. The summed E-state index contributed by atoms with van der Waals surface area (Å²) in [6.07, 6.45) is 0. The highest BCUT2D eigenvalue weighted by Gasteiger charge is 2.21. The van der Waals surface area contributed by atoms with Crippen molar-refractivity contribution in [2.45, 2.75) is 33.7 Å². The topological polar surface area (TPSA) is 76.7 Å². The summed E-state index contributed by atoms with van der Waals surface area (Å²) in [6.45, 7) is 7.40. The molecule has 0 aromatic heterocycles. The van der Waals surface area contributed by atoms with Crippen molar-refractivity contribution in [3.8, 4) is 11.5 Å². The number of benzene rings is 2. The minimum Gasteiger partial charge on any atom is -0.493 e. The summed E-state index contributed by atoms with van der Waals surface area (Å²) in [4.78, 5) is 24.8. The van der Waals surface area contributed by atoms with Gasteiger partial charge in [-0.15, -0.1) is 0 Å². The molecule has 1 unspecified atom stereocenters. The predicted octanol–water partition coefficient (Wildman–Crippen LogP) is 4.18. The lowest BCUT2D eigenvalue weighted by atomic mass is 9.95. The van der Waals surface area contributed by atoms with Gasteiger partial charge in [-0.2, -0.15) is 0 Å². The van der Waals surface area contributed by atoms with E-state index in [2.05, 4.69) is 10.6 Å². The third-order valence-corrected chi connectivity index (χ3v) is 4.32. The number of hydrogen-bond acceptors (Lipinski definition) is 4. The number of hydrogen-bond donors (Lipinski definition) is 2. The van der Waals surface area contributed by atoms with E-state index in [0.717, 1.165) is 5.56 Å². The Morgan fingerprint density at radius 1 is 0.964 bits per heavy atom. The highest BCUT2D eigenvalue weighted by atomic mass is 16.5. The first-order valence-electron chi connectivity index (χ1n) is 9.10. The minimum absolute atomic E-state index is 0.108. The second-order valence-corrected chi connectivity index (χ2v) is 7.59. The molecule has 0 fully saturated rings. The number of rotatable bonds is 6. The van der Waals surface area contributed by atoms with Crippen molar-refractivity contribution < 1.29 is 19.1 Å². The van der Waals surface area contributed by atoms with Crippen LogP contribution >= 0.6 is 0 Å². The van der Waals surface area contributed by atoms with Crippen molar-refractivity contribution in [3.63, 3.8) is 0 Å². The highest BCUT2D eigenvalue weighted by molar-refractivity contribution is 5.98. The Morgan fingerprint density at radius 2 is 1.64 bits per heavy atom. The van der Waals surface area contributed by atoms with Crippen LogP contribution in [0.4, 0.5) is 5.69 Å². The summed E-state index contributed by atoms with van der Waals surface area (Å²) in [7, 11) is 3.15. The maximum Gasteiger partial charge on any atom is 0.251 e. The van der Waals surface area contributed by atoms with Crippen molar-refractivity contribution in [2.24, 2.45) is 5.41 Å². The van der Waals surface area contributed by atoms with Gasteiger partial charge < -0.3 is 20.1 Å². The lowest BCUT2D eigenvalue weighted by Gasteiger charge is -2.19. The summed E-state index contributed by atoms with van der Waals surface area (Å²) < 4.78 is 10.6. The van der Waals surface area contributed by atoms with Crippen LogP contribution in [0.2, 0.25) is 0 Å². The van der Waals surface area contributed by atoms with Gasteiger partial charge in [0.2, 0.25) is 5.91 Å². The molecule has 2 aromatic carbocycles. The molecule has 2 aromatic rings. The third kappa shape index (κ3) is 5.25. The van der Waals surface area contributed by atoms with Crippen LogP contribution in [-0.4, -0.2) is 26.0 Å². The fourth-order valence-electron chi connectivity index (χ4n) is 2.54. The average molecular weight is 384 g/mol. The van der Waals surface area contributed by atoms with Gasteiger partial charge in [-0.3, -0.25) is 9.59 Å². The van der Waals surface area contributed by atoms with Gasteiger partial charge in [0.15, 0.2) is 11.5 Å². The van der Waals surface area contributed by atoms with E-state index in [9.17, 15) is 9.59 Å². The number of anilines is 1. The number of nitrogens with one attached hydrogen (secondary N) is 2.